The Bertz CT molecular complexity index is 640. The number of amides is 2. The minimum Gasteiger partial charge on any atom is -0.380 e. The molecule has 0 aromatic heterocycles. The summed E-state index contributed by atoms with van der Waals surface area (Å²) in [5.41, 5.74) is 0. The first-order chi connectivity index (χ1) is 23.5. The normalized spacial score (nSPS) is 12.0. The Kier molecular flexibility index (Phi) is 37.7. The predicted molar refractivity (Wildman–Crippen MR) is 207 cm³/mol. The van der Waals surface area contributed by atoms with E-state index in [0.29, 0.717) is 38.8 Å². The molecule has 0 aliphatic heterocycles. The molecule has 0 fully saturated rings. The van der Waals surface area contributed by atoms with E-state index in [4.69, 9.17) is 9.47 Å². The van der Waals surface area contributed by atoms with Gasteiger partial charge in [0, 0.05) is 45.7 Å². The van der Waals surface area contributed by atoms with Crippen LogP contribution in [0.3, 0.4) is 0 Å². The molecule has 2 amide bonds. The molecule has 0 aliphatic rings. The molecule has 0 bridgehead atoms. The van der Waals surface area contributed by atoms with Gasteiger partial charge in [-0.3, -0.25) is 9.59 Å². The van der Waals surface area contributed by atoms with E-state index in [1.54, 1.807) is 0 Å². The summed E-state index contributed by atoms with van der Waals surface area (Å²) in [6.45, 7) is 13.3. The summed E-state index contributed by atoms with van der Waals surface area (Å²) in [6.07, 6.45) is 34.6. The van der Waals surface area contributed by atoms with Crippen molar-refractivity contribution in [1.29, 1.82) is 0 Å². The minimum absolute atomic E-state index is 0.0232. The third kappa shape index (κ3) is 34.7. The SMILES string of the molecule is CCCCCCCCCCCCCCOCCN(CCOCCCCCCCCCCCCCC)C(=O)CCC(=O)NCCC(C)CC. The first-order valence-corrected chi connectivity index (χ1v) is 21.2. The van der Waals surface area contributed by atoms with Gasteiger partial charge in [-0.25, -0.2) is 0 Å². The fourth-order valence-electron chi connectivity index (χ4n) is 6.13. The van der Waals surface area contributed by atoms with Gasteiger partial charge in [-0.1, -0.05) is 175 Å². The molecule has 0 aliphatic carbocycles. The Labute approximate surface area is 300 Å². The zero-order chi connectivity index (χ0) is 35.2. The summed E-state index contributed by atoms with van der Waals surface area (Å²) in [5.74, 6) is 0.597. The molecule has 1 atom stereocenters. The number of ether oxygens (including phenoxy) is 2. The molecule has 0 aromatic rings. The monoisotopic (exact) mass is 681 g/mol. The molecular weight excluding hydrogens is 596 g/mol. The van der Waals surface area contributed by atoms with Crippen molar-refractivity contribution in [3.8, 4) is 0 Å². The molecule has 48 heavy (non-hydrogen) atoms. The van der Waals surface area contributed by atoms with Crippen molar-refractivity contribution in [2.75, 3.05) is 46.1 Å². The largest absolute Gasteiger partial charge is 0.380 e. The molecule has 0 saturated heterocycles. The smallest absolute Gasteiger partial charge is 0.223 e. The molecule has 6 heteroatoms. The fraction of sp³-hybridized carbons (Fsp3) is 0.952. The summed E-state index contributed by atoms with van der Waals surface area (Å²) >= 11 is 0. The lowest BCUT2D eigenvalue weighted by Gasteiger charge is -2.23. The molecule has 1 unspecified atom stereocenters. The maximum Gasteiger partial charge on any atom is 0.223 e. The van der Waals surface area contributed by atoms with Crippen LogP contribution in [0.5, 0.6) is 0 Å². The van der Waals surface area contributed by atoms with Crippen molar-refractivity contribution >= 4 is 11.8 Å². The minimum atomic E-state index is -0.0296. The van der Waals surface area contributed by atoms with Gasteiger partial charge in [0.05, 0.1) is 13.2 Å². The Balaban J connectivity index is 4.13. The second-order valence-corrected chi connectivity index (χ2v) is 14.5. The highest BCUT2D eigenvalue weighted by Crippen LogP contribution is 2.13. The van der Waals surface area contributed by atoms with Gasteiger partial charge in [0.2, 0.25) is 11.8 Å². The summed E-state index contributed by atoms with van der Waals surface area (Å²) in [7, 11) is 0. The van der Waals surface area contributed by atoms with Crippen molar-refractivity contribution < 1.29 is 19.1 Å². The number of unbranched alkanes of at least 4 members (excludes halogenated alkanes) is 22. The van der Waals surface area contributed by atoms with Crippen molar-refractivity contribution in [2.45, 2.75) is 207 Å². The van der Waals surface area contributed by atoms with E-state index in [1.165, 1.54) is 141 Å². The molecule has 0 heterocycles. The average Bonchev–Trinajstić information content (AvgIpc) is 3.09. The van der Waals surface area contributed by atoms with Gasteiger partial charge in [-0.05, 0) is 25.2 Å². The van der Waals surface area contributed by atoms with Crippen LogP contribution in [0, 0.1) is 5.92 Å². The number of nitrogens with one attached hydrogen (secondary N) is 1. The summed E-state index contributed by atoms with van der Waals surface area (Å²) < 4.78 is 11.9. The van der Waals surface area contributed by atoms with Crippen LogP contribution in [-0.4, -0.2) is 62.8 Å². The maximum atomic E-state index is 13.1. The second-order valence-electron chi connectivity index (χ2n) is 14.5. The lowest BCUT2D eigenvalue weighted by atomic mass is 10.1. The summed E-state index contributed by atoms with van der Waals surface area (Å²) in [4.78, 5) is 27.2. The van der Waals surface area contributed by atoms with E-state index in [0.717, 1.165) is 38.9 Å². The van der Waals surface area contributed by atoms with Crippen LogP contribution in [0.15, 0.2) is 0 Å². The van der Waals surface area contributed by atoms with Gasteiger partial charge in [0.1, 0.15) is 0 Å². The number of hydrogen-bond donors (Lipinski definition) is 1. The zero-order valence-electron chi connectivity index (χ0n) is 32.9. The van der Waals surface area contributed by atoms with E-state index in [-0.39, 0.29) is 24.7 Å². The van der Waals surface area contributed by atoms with Crippen molar-refractivity contribution in [1.82, 2.24) is 10.2 Å². The van der Waals surface area contributed by atoms with Crippen molar-refractivity contribution in [3.05, 3.63) is 0 Å². The molecular formula is C42H84N2O4. The van der Waals surface area contributed by atoms with Crippen LogP contribution in [0.1, 0.15) is 207 Å². The van der Waals surface area contributed by atoms with E-state index >= 15 is 0 Å². The summed E-state index contributed by atoms with van der Waals surface area (Å²) in [6, 6.07) is 0. The number of hydrogen-bond acceptors (Lipinski definition) is 4. The third-order valence-corrected chi connectivity index (χ3v) is 9.87. The van der Waals surface area contributed by atoms with Crippen LogP contribution in [0.25, 0.3) is 0 Å². The number of carbonyl (C=O) groups excluding carboxylic acids is 2. The quantitative estimate of drug-likeness (QED) is 0.0656. The van der Waals surface area contributed by atoms with E-state index in [2.05, 4.69) is 33.0 Å². The van der Waals surface area contributed by atoms with Crippen LogP contribution < -0.4 is 5.32 Å². The highest BCUT2D eigenvalue weighted by Gasteiger charge is 2.15. The fourth-order valence-corrected chi connectivity index (χ4v) is 6.13. The highest BCUT2D eigenvalue weighted by atomic mass is 16.5. The molecule has 286 valence electrons. The van der Waals surface area contributed by atoms with E-state index < -0.39 is 0 Å². The molecule has 0 saturated carbocycles. The predicted octanol–water partition coefficient (Wildman–Crippen LogP) is 11.6. The first-order valence-electron chi connectivity index (χ1n) is 21.2. The molecule has 6 nitrogen and oxygen atoms in total. The lowest BCUT2D eigenvalue weighted by Crippen LogP contribution is -2.37. The van der Waals surface area contributed by atoms with Crippen molar-refractivity contribution in [3.63, 3.8) is 0 Å². The lowest BCUT2D eigenvalue weighted by molar-refractivity contribution is -0.135. The van der Waals surface area contributed by atoms with Gasteiger partial charge in [0.25, 0.3) is 0 Å². The van der Waals surface area contributed by atoms with Gasteiger partial charge in [0.15, 0.2) is 0 Å². The number of carbonyl (C=O) groups is 2. The molecule has 0 rings (SSSR count). The standard InChI is InChI=1S/C42H84N2O4/c1-5-8-10-12-14-16-18-20-22-24-26-28-36-47-38-34-44(42(46)31-30-41(45)43-33-32-40(4)7-3)35-39-48-37-29-27-25-23-21-19-17-15-13-11-9-6-2/h40H,5-39H2,1-4H3,(H,43,45). The second kappa shape index (κ2) is 38.7. The van der Waals surface area contributed by atoms with E-state index in [9.17, 15) is 9.59 Å². The Morgan fingerprint density at radius 2 is 0.896 bits per heavy atom. The molecule has 0 aromatic carbocycles. The third-order valence-electron chi connectivity index (χ3n) is 9.87. The molecule has 0 spiro atoms. The van der Waals surface area contributed by atoms with E-state index in [1.807, 2.05) is 4.90 Å². The topological polar surface area (TPSA) is 67.9 Å². The Morgan fingerprint density at radius 3 is 1.27 bits per heavy atom. The molecule has 0 radical (unpaired) electrons. The highest BCUT2D eigenvalue weighted by molar-refractivity contribution is 5.83. The van der Waals surface area contributed by atoms with Crippen molar-refractivity contribution in [2.24, 2.45) is 5.92 Å². The van der Waals surface area contributed by atoms with Gasteiger partial charge in [-0.15, -0.1) is 0 Å². The van der Waals surface area contributed by atoms with Crippen LogP contribution in [0.4, 0.5) is 0 Å². The first kappa shape index (κ1) is 46.9. The van der Waals surface area contributed by atoms with Crippen LogP contribution in [0.2, 0.25) is 0 Å². The van der Waals surface area contributed by atoms with Gasteiger partial charge < -0.3 is 19.7 Å². The maximum absolute atomic E-state index is 13.1. The zero-order valence-corrected chi connectivity index (χ0v) is 32.9. The number of rotatable bonds is 39. The van der Waals surface area contributed by atoms with Crippen LogP contribution >= 0.6 is 0 Å². The number of nitrogens with zero attached hydrogens (tertiary/aromatic N) is 1. The van der Waals surface area contributed by atoms with Crippen LogP contribution in [-0.2, 0) is 19.1 Å². The summed E-state index contributed by atoms with van der Waals surface area (Å²) in [5, 5.41) is 2.98. The Morgan fingerprint density at radius 1 is 0.521 bits per heavy atom. The van der Waals surface area contributed by atoms with Gasteiger partial charge in [-0.2, -0.15) is 0 Å². The Hall–Kier alpha value is -1.14. The molecule has 1 N–H and O–H groups in total. The average molecular weight is 681 g/mol. The van der Waals surface area contributed by atoms with Gasteiger partial charge >= 0.3 is 0 Å².